The van der Waals surface area contributed by atoms with Crippen LogP contribution in [0.3, 0.4) is 0 Å². The molecular weight excluding hydrogens is 426 g/mol. The third kappa shape index (κ3) is 4.87. The summed E-state index contributed by atoms with van der Waals surface area (Å²) in [5.74, 6) is -0.480. The monoisotopic (exact) mass is 457 g/mol. The second-order valence-corrected chi connectivity index (χ2v) is 11.0. The standard InChI is InChI=1S/C20H31N3O5S2/c1-4-28-20(25)17-15-8-6-7-9-16(15)29-19(17)21-18(24)14(3)22-10-12-23(13-11-22)30(26,27)5-2/h14H,4-13H2,1-3H3,(H,21,24). The SMILES string of the molecule is CCOC(=O)c1c(NC(=O)C(C)N2CCN(S(=O)(=O)CC)CC2)sc2c1CCCC2. The number of fused-ring (bicyclic) bond motifs is 1. The highest BCUT2D eigenvalue weighted by molar-refractivity contribution is 7.89. The van der Waals surface area contributed by atoms with E-state index < -0.39 is 16.1 Å². The first kappa shape index (κ1) is 23.2. The minimum atomic E-state index is -3.21. The summed E-state index contributed by atoms with van der Waals surface area (Å²) in [7, 11) is -3.21. The molecule has 168 valence electrons. The molecule has 0 spiro atoms. The van der Waals surface area contributed by atoms with Crippen molar-refractivity contribution in [2.45, 2.75) is 52.5 Å². The maximum absolute atomic E-state index is 13.0. The Morgan fingerprint density at radius 2 is 1.80 bits per heavy atom. The summed E-state index contributed by atoms with van der Waals surface area (Å²) < 4.78 is 30.8. The second-order valence-electron chi connectivity index (χ2n) is 7.64. The molecule has 0 bridgehead atoms. The first-order valence-electron chi connectivity index (χ1n) is 10.6. The van der Waals surface area contributed by atoms with Gasteiger partial charge in [0, 0.05) is 31.1 Å². The number of nitrogens with one attached hydrogen (secondary N) is 1. The lowest BCUT2D eigenvalue weighted by Gasteiger charge is -2.36. The molecule has 10 heteroatoms. The molecule has 0 radical (unpaired) electrons. The van der Waals surface area contributed by atoms with E-state index in [1.54, 1.807) is 13.8 Å². The lowest BCUT2D eigenvalue weighted by molar-refractivity contribution is -0.121. The lowest BCUT2D eigenvalue weighted by Crippen LogP contribution is -2.54. The summed E-state index contributed by atoms with van der Waals surface area (Å²) in [4.78, 5) is 28.7. The van der Waals surface area contributed by atoms with E-state index in [-0.39, 0.29) is 24.2 Å². The van der Waals surface area contributed by atoms with Crippen LogP contribution in [-0.2, 0) is 32.4 Å². The van der Waals surface area contributed by atoms with Crippen LogP contribution in [0, 0.1) is 0 Å². The molecule has 1 fully saturated rings. The summed E-state index contributed by atoms with van der Waals surface area (Å²) in [6, 6.07) is -0.425. The van der Waals surface area contributed by atoms with Crippen molar-refractivity contribution in [3.05, 3.63) is 16.0 Å². The van der Waals surface area contributed by atoms with Gasteiger partial charge in [0.05, 0.1) is 24.0 Å². The van der Waals surface area contributed by atoms with Crippen LogP contribution in [-0.4, -0.2) is 74.1 Å². The maximum atomic E-state index is 13.0. The van der Waals surface area contributed by atoms with Gasteiger partial charge in [-0.25, -0.2) is 13.2 Å². The van der Waals surface area contributed by atoms with Crippen molar-refractivity contribution in [2.75, 3.05) is 43.9 Å². The highest BCUT2D eigenvalue weighted by Crippen LogP contribution is 2.38. The fourth-order valence-electron chi connectivity index (χ4n) is 4.01. The number of anilines is 1. The average molecular weight is 458 g/mol. The normalized spacial score (nSPS) is 19.2. The van der Waals surface area contributed by atoms with E-state index >= 15 is 0 Å². The highest BCUT2D eigenvalue weighted by atomic mass is 32.2. The quantitative estimate of drug-likeness (QED) is 0.630. The van der Waals surface area contributed by atoms with Crippen LogP contribution in [0.15, 0.2) is 0 Å². The molecule has 1 aromatic heterocycles. The van der Waals surface area contributed by atoms with E-state index in [9.17, 15) is 18.0 Å². The van der Waals surface area contributed by atoms with Gasteiger partial charge < -0.3 is 10.1 Å². The average Bonchev–Trinajstić information content (AvgIpc) is 3.11. The molecule has 2 heterocycles. The number of sulfonamides is 1. The van der Waals surface area contributed by atoms with Gasteiger partial charge >= 0.3 is 5.97 Å². The van der Waals surface area contributed by atoms with Crippen molar-refractivity contribution in [2.24, 2.45) is 0 Å². The van der Waals surface area contributed by atoms with E-state index in [1.165, 1.54) is 15.6 Å². The number of carbonyl (C=O) groups is 2. The fraction of sp³-hybridized carbons (Fsp3) is 0.700. The van der Waals surface area contributed by atoms with Gasteiger partial charge in [-0.3, -0.25) is 9.69 Å². The van der Waals surface area contributed by atoms with Crippen LogP contribution in [0.25, 0.3) is 0 Å². The van der Waals surface area contributed by atoms with Crippen LogP contribution in [0.1, 0.15) is 54.4 Å². The van der Waals surface area contributed by atoms with Crippen molar-refractivity contribution in [3.8, 4) is 0 Å². The summed E-state index contributed by atoms with van der Waals surface area (Å²) in [6.07, 6.45) is 3.88. The zero-order valence-corrected chi connectivity index (χ0v) is 19.5. The van der Waals surface area contributed by atoms with Crippen molar-refractivity contribution < 1.29 is 22.7 Å². The summed E-state index contributed by atoms with van der Waals surface area (Å²) in [5, 5.41) is 3.54. The van der Waals surface area contributed by atoms with Crippen LogP contribution >= 0.6 is 11.3 Å². The Kier molecular flexibility index (Phi) is 7.54. The Bertz CT molecular complexity index is 888. The molecule has 30 heavy (non-hydrogen) atoms. The number of esters is 1. The number of hydrogen-bond donors (Lipinski definition) is 1. The largest absolute Gasteiger partial charge is 0.462 e. The Balaban J connectivity index is 1.70. The number of thiophene rings is 1. The number of rotatable bonds is 7. The maximum Gasteiger partial charge on any atom is 0.341 e. The molecule has 0 aromatic carbocycles. The predicted octanol–water partition coefficient (Wildman–Crippen LogP) is 2.10. The number of amides is 1. The smallest absolute Gasteiger partial charge is 0.341 e. The Hall–Kier alpha value is -1.49. The molecule has 1 aliphatic heterocycles. The highest BCUT2D eigenvalue weighted by Gasteiger charge is 2.32. The summed E-state index contributed by atoms with van der Waals surface area (Å²) in [6.45, 7) is 7.29. The van der Waals surface area contributed by atoms with Crippen molar-refractivity contribution in [1.82, 2.24) is 9.21 Å². The van der Waals surface area contributed by atoms with Gasteiger partial charge in [0.25, 0.3) is 0 Å². The lowest BCUT2D eigenvalue weighted by atomic mass is 9.95. The number of nitrogens with zero attached hydrogens (tertiary/aromatic N) is 2. The van der Waals surface area contributed by atoms with Crippen LogP contribution in [0.4, 0.5) is 5.00 Å². The predicted molar refractivity (Wildman–Crippen MR) is 118 cm³/mol. The third-order valence-corrected chi connectivity index (χ3v) is 8.93. The topological polar surface area (TPSA) is 96.0 Å². The van der Waals surface area contributed by atoms with E-state index in [2.05, 4.69) is 5.32 Å². The summed E-state index contributed by atoms with van der Waals surface area (Å²) in [5.41, 5.74) is 1.53. The summed E-state index contributed by atoms with van der Waals surface area (Å²) >= 11 is 1.48. The van der Waals surface area contributed by atoms with Crippen molar-refractivity contribution in [1.29, 1.82) is 0 Å². The number of carbonyl (C=O) groups excluding carboxylic acids is 2. The van der Waals surface area contributed by atoms with Gasteiger partial charge in [-0.1, -0.05) is 0 Å². The molecular formula is C20H31N3O5S2. The Labute approximate surface area is 182 Å². The van der Waals surface area contributed by atoms with Gasteiger partial charge in [0.15, 0.2) is 0 Å². The van der Waals surface area contributed by atoms with Crippen LogP contribution in [0.2, 0.25) is 0 Å². The molecule has 1 unspecified atom stereocenters. The number of ether oxygens (including phenoxy) is 1. The van der Waals surface area contributed by atoms with Crippen molar-refractivity contribution >= 4 is 38.2 Å². The third-order valence-electron chi connectivity index (χ3n) is 5.85. The minimum Gasteiger partial charge on any atom is -0.462 e. The molecule has 1 N–H and O–H groups in total. The molecule has 3 rings (SSSR count). The molecule has 1 aromatic rings. The van der Waals surface area contributed by atoms with E-state index in [0.717, 1.165) is 36.1 Å². The van der Waals surface area contributed by atoms with Gasteiger partial charge in [-0.2, -0.15) is 4.31 Å². The molecule has 1 aliphatic carbocycles. The minimum absolute atomic E-state index is 0.0860. The molecule has 8 nitrogen and oxygen atoms in total. The molecule has 1 atom stereocenters. The fourth-order valence-corrected chi connectivity index (χ4v) is 6.37. The second kappa shape index (κ2) is 9.76. The zero-order chi connectivity index (χ0) is 21.9. The first-order valence-corrected chi connectivity index (χ1v) is 13.0. The van der Waals surface area contributed by atoms with Gasteiger partial charge in [0.1, 0.15) is 5.00 Å². The molecule has 2 aliphatic rings. The molecule has 1 saturated heterocycles. The van der Waals surface area contributed by atoms with Gasteiger partial charge in [-0.05, 0) is 52.0 Å². The number of piperazine rings is 1. The van der Waals surface area contributed by atoms with Crippen molar-refractivity contribution in [3.63, 3.8) is 0 Å². The number of hydrogen-bond acceptors (Lipinski definition) is 7. The molecule has 0 saturated carbocycles. The Morgan fingerprint density at radius 3 is 2.43 bits per heavy atom. The number of aryl methyl sites for hydroxylation is 1. The van der Waals surface area contributed by atoms with E-state index in [0.29, 0.717) is 36.7 Å². The van der Waals surface area contributed by atoms with E-state index in [1.807, 2.05) is 11.8 Å². The van der Waals surface area contributed by atoms with Gasteiger partial charge in [0.2, 0.25) is 15.9 Å². The van der Waals surface area contributed by atoms with Gasteiger partial charge in [-0.15, -0.1) is 11.3 Å². The van der Waals surface area contributed by atoms with E-state index in [4.69, 9.17) is 4.74 Å². The molecule has 1 amide bonds. The Morgan fingerprint density at radius 1 is 1.13 bits per heavy atom. The zero-order valence-electron chi connectivity index (χ0n) is 17.9. The first-order chi connectivity index (χ1) is 14.3. The van der Waals surface area contributed by atoms with Crippen LogP contribution in [0.5, 0.6) is 0 Å². The van der Waals surface area contributed by atoms with Crippen LogP contribution < -0.4 is 5.32 Å².